The average Bonchev–Trinajstić information content (AvgIpc) is 2.72. The van der Waals surface area contributed by atoms with E-state index < -0.39 is 27.3 Å². The average molecular weight is 315 g/mol. The quantitative estimate of drug-likeness (QED) is 0.929. The van der Waals surface area contributed by atoms with Gasteiger partial charge in [0.15, 0.2) is 0 Å². The number of sulfonamides is 1. The van der Waals surface area contributed by atoms with Gasteiger partial charge in [-0.25, -0.2) is 17.6 Å². The van der Waals surface area contributed by atoms with E-state index in [1.54, 1.807) is 0 Å². The number of carbonyl (C=O) groups is 1. The van der Waals surface area contributed by atoms with E-state index in [2.05, 4.69) is 0 Å². The van der Waals surface area contributed by atoms with Crippen LogP contribution in [0.3, 0.4) is 0 Å². The second kappa shape index (κ2) is 5.06. The number of nitrogens with zero attached hydrogens (tertiary/aromatic N) is 1. The van der Waals surface area contributed by atoms with Crippen LogP contribution in [0.2, 0.25) is 0 Å². The van der Waals surface area contributed by atoms with E-state index in [1.165, 1.54) is 11.2 Å². The van der Waals surface area contributed by atoms with E-state index in [0.717, 1.165) is 18.6 Å². The van der Waals surface area contributed by atoms with Gasteiger partial charge in [0.05, 0.1) is 10.5 Å². The molecule has 0 radical (unpaired) electrons. The van der Waals surface area contributed by atoms with Crippen LogP contribution in [0.15, 0.2) is 17.0 Å². The molecule has 0 aromatic heterocycles. The molecule has 0 saturated carbocycles. The van der Waals surface area contributed by atoms with Crippen molar-refractivity contribution in [3.05, 3.63) is 29.1 Å². The fraction of sp³-hybridized carbons (Fsp3) is 0.500. The van der Waals surface area contributed by atoms with Gasteiger partial charge in [0.25, 0.3) is 0 Å². The van der Waals surface area contributed by atoms with Crippen molar-refractivity contribution in [2.24, 2.45) is 0 Å². The highest BCUT2D eigenvalue weighted by molar-refractivity contribution is 7.89. The van der Waals surface area contributed by atoms with Gasteiger partial charge in [-0.1, -0.05) is 0 Å². The van der Waals surface area contributed by atoms with E-state index in [1.807, 2.05) is 13.8 Å². The third kappa shape index (κ3) is 2.67. The second-order valence-corrected chi connectivity index (χ2v) is 7.71. The Kier molecular flexibility index (Phi) is 3.84. The summed E-state index contributed by atoms with van der Waals surface area (Å²) in [5.41, 5.74) is -0.975. The normalized spacial score (nSPS) is 18.9. The van der Waals surface area contributed by atoms with Gasteiger partial charge >= 0.3 is 5.97 Å². The van der Waals surface area contributed by atoms with Crippen molar-refractivity contribution in [2.75, 3.05) is 6.54 Å². The molecule has 1 N–H and O–H groups in total. The van der Waals surface area contributed by atoms with Gasteiger partial charge in [0, 0.05) is 17.6 Å². The van der Waals surface area contributed by atoms with Crippen LogP contribution < -0.4 is 0 Å². The lowest BCUT2D eigenvalue weighted by Gasteiger charge is -2.31. The third-order valence-corrected chi connectivity index (χ3v) is 6.17. The van der Waals surface area contributed by atoms with Gasteiger partial charge in [-0.2, -0.15) is 4.31 Å². The molecule has 7 heteroatoms. The minimum atomic E-state index is -3.93. The van der Waals surface area contributed by atoms with E-state index in [4.69, 9.17) is 5.11 Å². The van der Waals surface area contributed by atoms with Crippen LogP contribution in [0.25, 0.3) is 0 Å². The Balaban J connectivity index is 2.62. The maximum atomic E-state index is 13.9. The Morgan fingerprint density at radius 3 is 2.48 bits per heavy atom. The van der Waals surface area contributed by atoms with E-state index in [-0.39, 0.29) is 16.0 Å². The smallest absolute Gasteiger partial charge is 0.335 e. The maximum Gasteiger partial charge on any atom is 0.335 e. The van der Waals surface area contributed by atoms with Crippen LogP contribution in [0, 0.1) is 12.7 Å². The van der Waals surface area contributed by atoms with Gasteiger partial charge < -0.3 is 5.11 Å². The number of hydrogen-bond acceptors (Lipinski definition) is 3. The van der Waals surface area contributed by atoms with Crippen LogP contribution >= 0.6 is 0 Å². The molecule has 1 fully saturated rings. The highest BCUT2D eigenvalue weighted by Gasteiger charge is 2.41. The summed E-state index contributed by atoms with van der Waals surface area (Å²) in [6.45, 7) is 5.32. The third-order valence-electron chi connectivity index (χ3n) is 3.94. The number of hydrogen-bond donors (Lipinski definition) is 1. The fourth-order valence-corrected chi connectivity index (χ4v) is 4.80. The molecular formula is C14H18FNO4S. The molecule has 1 aliphatic rings. The van der Waals surface area contributed by atoms with Crippen molar-refractivity contribution in [2.45, 2.75) is 44.0 Å². The minimum absolute atomic E-state index is 0.0531. The Bertz CT molecular complexity index is 697. The minimum Gasteiger partial charge on any atom is -0.478 e. The van der Waals surface area contributed by atoms with Crippen molar-refractivity contribution in [3.63, 3.8) is 0 Å². The summed E-state index contributed by atoms with van der Waals surface area (Å²) >= 11 is 0. The van der Waals surface area contributed by atoms with Crippen molar-refractivity contribution in [1.29, 1.82) is 0 Å². The highest BCUT2D eigenvalue weighted by atomic mass is 32.2. The Labute approximate surface area is 123 Å². The molecule has 0 aliphatic carbocycles. The summed E-state index contributed by atoms with van der Waals surface area (Å²) in [5, 5.41) is 8.98. The molecule has 2 rings (SSSR count). The van der Waals surface area contributed by atoms with Gasteiger partial charge in [-0.3, -0.25) is 0 Å². The van der Waals surface area contributed by atoms with Gasteiger partial charge in [0.2, 0.25) is 10.0 Å². The molecule has 5 nitrogen and oxygen atoms in total. The summed E-state index contributed by atoms with van der Waals surface area (Å²) in [7, 11) is -3.93. The topological polar surface area (TPSA) is 74.7 Å². The Morgan fingerprint density at radius 1 is 1.38 bits per heavy atom. The molecule has 0 unspecified atom stereocenters. The molecule has 21 heavy (non-hydrogen) atoms. The zero-order chi connectivity index (χ0) is 16.0. The molecule has 0 amide bonds. The lowest BCUT2D eigenvalue weighted by atomic mass is 10.0. The van der Waals surface area contributed by atoms with E-state index in [9.17, 15) is 17.6 Å². The predicted octanol–water partition coefficient (Wildman–Crippen LogP) is 2.40. The SMILES string of the molecule is Cc1c(F)cc(C(=O)O)cc1S(=O)(=O)N1CCCC1(C)C. The van der Waals surface area contributed by atoms with Crippen LogP contribution in [-0.2, 0) is 10.0 Å². The summed E-state index contributed by atoms with van der Waals surface area (Å²) in [4.78, 5) is 10.7. The standard InChI is InChI=1S/C14H18FNO4S/c1-9-11(15)7-10(13(17)18)8-12(9)21(19,20)16-6-4-5-14(16,2)3/h7-8H,4-6H2,1-3H3,(H,17,18). The molecule has 0 spiro atoms. The number of carboxylic acids is 1. The highest BCUT2D eigenvalue weighted by Crippen LogP contribution is 2.35. The summed E-state index contributed by atoms with van der Waals surface area (Å²) in [5.74, 6) is -2.18. The molecule has 1 heterocycles. The Hall–Kier alpha value is -1.47. The van der Waals surface area contributed by atoms with Crippen LogP contribution in [-0.4, -0.2) is 35.9 Å². The zero-order valence-corrected chi connectivity index (χ0v) is 13.0. The fourth-order valence-electron chi connectivity index (χ4n) is 2.69. The lowest BCUT2D eigenvalue weighted by Crippen LogP contribution is -2.42. The number of aromatic carboxylic acids is 1. The summed E-state index contributed by atoms with van der Waals surface area (Å²) in [6.07, 6.45) is 1.44. The van der Waals surface area contributed by atoms with Crippen LogP contribution in [0.1, 0.15) is 42.6 Å². The first kappa shape index (κ1) is 15.9. The molecule has 0 bridgehead atoms. The van der Waals surface area contributed by atoms with Crippen molar-refractivity contribution < 1.29 is 22.7 Å². The largest absolute Gasteiger partial charge is 0.478 e. The molecule has 1 aliphatic heterocycles. The van der Waals surface area contributed by atoms with E-state index >= 15 is 0 Å². The Morgan fingerprint density at radius 2 is 2.00 bits per heavy atom. The maximum absolute atomic E-state index is 13.9. The van der Waals surface area contributed by atoms with E-state index in [0.29, 0.717) is 13.0 Å². The van der Waals surface area contributed by atoms with Gasteiger partial charge in [0.1, 0.15) is 5.82 Å². The number of benzene rings is 1. The predicted molar refractivity (Wildman–Crippen MR) is 75.3 cm³/mol. The molecule has 1 aromatic carbocycles. The first-order valence-electron chi connectivity index (χ1n) is 6.63. The van der Waals surface area contributed by atoms with Crippen LogP contribution in [0.5, 0.6) is 0 Å². The zero-order valence-electron chi connectivity index (χ0n) is 12.2. The van der Waals surface area contributed by atoms with Gasteiger partial charge in [-0.15, -0.1) is 0 Å². The number of carboxylic acid groups (broad SMARTS) is 1. The van der Waals surface area contributed by atoms with Crippen molar-refractivity contribution >= 4 is 16.0 Å². The summed E-state index contributed by atoms with van der Waals surface area (Å²) in [6, 6.07) is 1.87. The molecule has 116 valence electrons. The molecule has 1 saturated heterocycles. The first-order chi connectivity index (χ1) is 9.57. The lowest BCUT2D eigenvalue weighted by molar-refractivity contribution is 0.0696. The number of halogens is 1. The first-order valence-corrected chi connectivity index (χ1v) is 8.07. The van der Waals surface area contributed by atoms with Gasteiger partial charge in [-0.05, 0) is 45.7 Å². The van der Waals surface area contributed by atoms with Crippen molar-refractivity contribution in [1.82, 2.24) is 4.31 Å². The molecule has 0 atom stereocenters. The monoisotopic (exact) mass is 315 g/mol. The summed E-state index contributed by atoms with van der Waals surface area (Å²) < 4.78 is 40.7. The van der Waals surface area contributed by atoms with Crippen molar-refractivity contribution in [3.8, 4) is 0 Å². The number of rotatable bonds is 3. The van der Waals surface area contributed by atoms with Crippen LogP contribution in [0.4, 0.5) is 4.39 Å². The molecular weight excluding hydrogens is 297 g/mol. The molecule has 1 aromatic rings. The second-order valence-electron chi connectivity index (χ2n) is 5.88.